The smallest absolute Gasteiger partial charge is 0.323 e. The van der Waals surface area contributed by atoms with E-state index in [4.69, 9.17) is 5.11 Å². The normalized spacial score (nSPS) is 22.1. The molecule has 0 bridgehead atoms. The van der Waals surface area contributed by atoms with Gasteiger partial charge in [0.05, 0.1) is 0 Å². The molecule has 0 spiro atoms. The number of halogens is 1. The van der Waals surface area contributed by atoms with Crippen molar-refractivity contribution in [3.05, 3.63) is 35.6 Å². The van der Waals surface area contributed by atoms with Crippen LogP contribution in [0.25, 0.3) is 0 Å². The molecular weight excluding hydrogens is 263 g/mol. The molecule has 5 nitrogen and oxygen atoms in total. The number of aliphatic carboxylic acids is 1. The number of carboxylic acids is 1. The summed E-state index contributed by atoms with van der Waals surface area (Å²) in [5.41, 5.74) is -0.210. The molecule has 2 rings (SSSR count). The lowest BCUT2D eigenvalue weighted by molar-refractivity contribution is -0.144. The second-order valence-corrected chi connectivity index (χ2v) is 4.82. The van der Waals surface area contributed by atoms with Gasteiger partial charge in [0.1, 0.15) is 23.7 Å². The highest BCUT2D eigenvalue weighted by Gasteiger charge is 2.43. The molecule has 1 heterocycles. The molecule has 106 valence electrons. The average Bonchev–Trinajstić information content (AvgIpc) is 2.65. The molecule has 1 aliphatic heterocycles. The van der Waals surface area contributed by atoms with E-state index >= 15 is 0 Å². The van der Waals surface area contributed by atoms with Crippen LogP contribution in [0, 0.1) is 5.82 Å². The van der Waals surface area contributed by atoms with Crippen molar-refractivity contribution in [2.75, 3.05) is 6.54 Å². The molecule has 0 saturated heterocycles. The van der Waals surface area contributed by atoms with Crippen molar-refractivity contribution in [1.29, 1.82) is 0 Å². The van der Waals surface area contributed by atoms with Crippen molar-refractivity contribution in [3.63, 3.8) is 0 Å². The summed E-state index contributed by atoms with van der Waals surface area (Å²) in [4.78, 5) is 28.8. The Balaban J connectivity index is 2.40. The van der Waals surface area contributed by atoms with Gasteiger partial charge in [0.25, 0.3) is 5.91 Å². The van der Waals surface area contributed by atoms with Crippen LogP contribution in [0.2, 0.25) is 0 Å². The number of rotatable bonds is 4. The monoisotopic (exact) mass is 278 g/mol. The van der Waals surface area contributed by atoms with Gasteiger partial charge in [0.2, 0.25) is 0 Å². The Morgan fingerprint density at radius 2 is 2.00 bits per heavy atom. The van der Waals surface area contributed by atoms with Crippen LogP contribution >= 0.6 is 0 Å². The molecule has 0 radical (unpaired) electrons. The molecule has 0 fully saturated rings. The third-order valence-electron chi connectivity index (χ3n) is 3.46. The van der Waals surface area contributed by atoms with E-state index in [2.05, 4.69) is 4.99 Å². The Kier molecular flexibility index (Phi) is 3.57. The van der Waals surface area contributed by atoms with Crippen LogP contribution in [0.4, 0.5) is 4.39 Å². The van der Waals surface area contributed by atoms with Gasteiger partial charge in [0.15, 0.2) is 0 Å². The molecule has 1 aromatic carbocycles. The van der Waals surface area contributed by atoms with Crippen molar-refractivity contribution in [2.45, 2.75) is 25.9 Å². The van der Waals surface area contributed by atoms with E-state index in [9.17, 15) is 14.0 Å². The number of hydrogen-bond acceptors (Lipinski definition) is 3. The van der Waals surface area contributed by atoms with Crippen LogP contribution in [0.3, 0.4) is 0 Å². The zero-order valence-electron chi connectivity index (χ0n) is 11.3. The predicted molar refractivity (Wildman–Crippen MR) is 71.0 cm³/mol. The summed E-state index contributed by atoms with van der Waals surface area (Å²) in [6.07, 6.45) is 0.497. The molecule has 1 N–H and O–H groups in total. The highest BCUT2D eigenvalue weighted by atomic mass is 19.1. The van der Waals surface area contributed by atoms with Gasteiger partial charge in [-0.2, -0.15) is 0 Å². The molecule has 1 aromatic rings. The van der Waals surface area contributed by atoms with Gasteiger partial charge in [-0.1, -0.05) is 6.92 Å². The summed E-state index contributed by atoms with van der Waals surface area (Å²) >= 11 is 0. The fourth-order valence-corrected chi connectivity index (χ4v) is 2.14. The molecule has 20 heavy (non-hydrogen) atoms. The predicted octanol–water partition coefficient (Wildman–Crippen LogP) is 1.67. The van der Waals surface area contributed by atoms with Crippen LogP contribution in [0.15, 0.2) is 29.3 Å². The Morgan fingerprint density at radius 1 is 1.40 bits per heavy atom. The summed E-state index contributed by atoms with van der Waals surface area (Å²) < 4.78 is 12.9. The van der Waals surface area contributed by atoms with Gasteiger partial charge < -0.3 is 10.0 Å². The summed E-state index contributed by atoms with van der Waals surface area (Å²) in [5.74, 6) is -1.93. The number of benzene rings is 1. The van der Waals surface area contributed by atoms with E-state index in [1.54, 1.807) is 6.92 Å². The topological polar surface area (TPSA) is 70.0 Å². The Bertz CT molecular complexity index is 583. The van der Waals surface area contributed by atoms with Gasteiger partial charge in [-0.15, -0.1) is 0 Å². The van der Waals surface area contributed by atoms with Crippen LogP contribution in [-0.2, 0) is 9.59 Å². The molecular formula is C14H15FN2O3. The maximum atomic E-state index is 12.9. The molecule has 0 aliphatic carbocycles. The van der Waals surface area contributed by atoms with Crippen LogP contribution in [0.5, 0.6) is 0 Å². The molecule has 0 aromatic heterocycles. The van der Waals surface area contributed by atoms with Gasteiger partial charge in [-0.25, -0.2) is 4.39 Å². The SMILES string of the molecule is CC[C@]1(C)N=C(c2ccc(F)cc2)C(=O)N1CC(=O)O. The Labute approximate surface area is 115 Å². The maximum absolute atomic E-state index is 12.9. The summed E-state index contributed by atoms with van der Waals surface area (Å²) in [6, 6.07) is 5.42. The van der Waals surface area contributed by atoms with Crippen molar-refractivity contribution >= 4 is 17.6 Å². The summed E-state index contributed by atoms with van der Waals surface area (Å²) in [5, 5.41) is 8.92. The van der Waals surface area contributed by atoms with Crippen LogP contribution in [-0.4, -0.2) is 39.8 Å². The molecule has 1 aliphatic rings. The van der Waals surface area contributed by atoms with E-state index in [1.165, 1.54) is 29.2 Å². The quantitative estimate of drug-likeness (QED) is 0.910. The minimum Gasteiger partial charge on any atom is -0.480 e. The third-order valence-corrected chi connectivity index (χ3v) is 3.46. The van der Waals surface area contributed by atoms with Gasteiger partial charge in [0, 0.05) is 5.56 Å². The van der Waals surface area contributed by atoms with Gasteiger partial charge in [-0.05, 0) is 37.6 Å². The molecule has 1 atom stereocenters. The van der Waals surface area contributed by atoms with E-state index in [0.29, 0.717) is 12.0 Å². The number of hydrogen-bond donors (Lipinski definition) is 1. The first kappa shape index (κ1) is 14.2. The number of aliphatic imine (C=N–C) groups is 1. The lowest BCUT2D eigenvalue weighted by Gasteiger charge is -2.30. The minimum absolute atomic E-state index is 0.176. The largest absolute Gasteiger partial charge is 0.480 e. The van der Waals surface area contributed by atoms with Gasteiger partial charge in [-0.3, -0.25) is 14.6 Å². The fourth-order valence-electron chi connectivity index (χ4n) is 2.14. The molecule has 1 amide bonds. The van der Waals surface area contributed by atoms with E-state index < -0.39 is 29.9 Å². The number of carboxylic acid groups (broad SMARTS) is 1. The van der Waals surface area contributed by atoms with E-state index in [0.717, 1.165) is 0 Å². The lowest BCUT2D eigenvalue weighted by Crippen LogP contribution is -2.47. The van der Waals surface area contributed by atoms with E-state index in [-0.39, 0.29) is 5.71 Å². The average molecular weight is 278 g/mol. The van der Waals surface area contributed by atoms with Crippen molar-refractivity contribution in [1.82, 2.24) is 4.90 Å². The van der Waals surface area contributed by atoms with E-state index in [1.807, 2.05) is 6.92 Å². The number of carbonyl (C=O) groups excluding carboxylic acids is 1. The maximum Gasteiger partial charge on any atom is 0.323 e. The highest BCUT2D eigenvalue weighted by Crippen LogP contribution is 2.29. The van der Waals surface area contributed by atoms with Crippen molar-refractivity contribution in [3.8, 4) is 0 Å². The number of amides is 1. The Hall–Kier alpha value is -2.24. The first-order chi connectivity index (χ1) is 9.37. The van der Waals surface area contributed by atoms with Crippen molar-refractivity contribution < 1.29 is 19.1 Å². The first-order valence-corrected chi connectivity index (χ1v) is 6.27. The first-order valence-electron chi connectivity index (χ1n) is 6.27. The van der Waals surface area contributed by atoms with Crippen LogP contribution < -0.4 is 0 Å². The fraction of sp³-hybridized carbons (Fsp3) is 0.357. The highest BCUT2D eigenvalue weighted by molar-refractivity contribution is 6.46. The van der Waals surface area contributed by atoms with Gasteiger partial charge >= 0.3 is 5.97 Å². The van der Waals surface area contributed by atoms with Crippen LogP contribution in [0.1, 0.15) is 25.8 Å². The minimum atomic E-state index is -1.09. The zero-order valence-corrected chi connectivity index (χ0v) is 11.3. The third kappa shape index (κ3) is 2.41. The second kappa shape index (κ2) is 5.03. The number of nitrogens with zero attached hydrogens (tertiary/aromatic N) is 2. The molecule has 0 unspecified atom stereocenters. The number of carbonyl (C=O) groups is 2. The standard InChI is InChI=1S/C14H15FN2O3/c1-3-14(2)16-12(9-4-6-10(15)7-5-9)13(20)17(14)8-11(18)19/h4-7H,3,8H2,1-2H3,(H,18,19)/t14-/m1/s1. The molecule has 0 saturated carbocycles. The summed E-state index contributed by atoms with van der Waals surface area (Å²) in [6.45, 7) is 3.14. The second-order valence-electron chi connectivity index (χ2n) is 4.82. The summed E-state index contributed by atoms with van der Waals surface area (Å²) in [7, 11) is 0. The lowest BCUT2D eigenvalue weighted by atomic mass is 10.1. The Morgan fingerprint density at radius 3 is 2.50 bits per heavy atom. The van der Waals surface area contributed by atoms with Crippen molar-refractivity contribution in [2.24, 2.45) is 4.99 Å². The zero-order chi connectivity index (χ0) is 14.9. The molecule has 6 heteroatoms.